The number of halogens is 3. The first-order valence-electron chi connectivity index (χ1n) is 8.66. The zero-order valence-corrected chi connectivity index (χ0v) is 14.8. The highest BCUT2D eigenvalue weighted by Gasteiger charge is 2.30. The number of hydrogen-bond acceptors (Lipinski definition) is 5. The summed E-state index contributed by atoms with van der Waals surface area (Å²) in [6.45, 7) is 0.455. The van der Waals surface area contributed by atoms with Crippen LogP contribution in [0.4, 0.5) is 13.2 Å². The second-order valence-corrected chi connectivity index (χ2v) is 6.14. The number of benzene rings is 1. The topological polar surface area (TPSA) is 81.2 Å². The van der Waals surface area contributed by atoms with E-state index in [0.717, 1.165) is 17.9 Å². The van der Waals surface area contributed by atoms with Crippen molar-refractivity contribution in [2.75, 3.05) is 6.54 Å². The van der Waals surface area contributed by atoms with Crippen molar-refractivity contribution in [1.82, 2.24) is 15.5 Å². The Bertz CT molecular complexity index is 905. The quantitative estimate of drug-likeness (QED) is 0.633. The van der Waals surface area contributed by atoms with Gasteiger partial charge in [-0.2, -0.15) is 13.2 Å². The average molecular weight is 393 g/mol. The summed E-state index contributed by atoms with van der Waals surface area (Å²) < 4.78 is 48.9. The van der Waals surface area contributed by atoms with Crippen LogP contribution in [-0.4, -0.2) is 22.6 Å². The van der Waals surface area contributed by atoms with Crippen LogP contribution in [0.3, 0.4) is 0 Å². The average Bonchev–Trinajstić information content (AvgIpc) is 3.32. The number of aryl methyl sites for hydroxylation is 1. The van der Waals surface area contributed by atoms with Crippen LogP contribution in [0.25, 0.3) is 0 Å². The summed E-state index contributed by atoms with van der Waals surface area (Å²) in [5, 5.41) is 10.4. The van der Waals surface area contributed by atoms with Gasteiger partial charge in [-0.3, -0.25) is 4.79 Å². The van der Waals surface area contributed by atoms with Crippen molar-refractivity contribution in [2.45, 2.75) is 31.9 Å². The second-order valence-electron chi connectivity index (χ2n) is 6.14. The Morgan fingerprint density at radius 3 is 2.64 bits per heavy atom. The molecule has 2 aromatic heterocycles. The molecule has 9 heteroatoms. The maximum absolute atomic E-state index is 12.8. The van der Waals surface area contributed by atoms with Crippen LogP contribution in [0, 0.1) is 0 Å². The first kappa shape index (κ1) is 19.7. The van der Waals surface area contributed by atoms with E-state index in [2.05, 4.69) is 15.5 Å². The van der Waals surface area contributed by atoms with Gasteiger partial charge in [0.1, 0.15) is 5.76 Å². The molecule has 3 aromatic rings. The molecule has 0 radical (unpaired) electrons. The van der Waals surface area contributed by atoms with Gasteiger partial charge in [0.05, 0.1) is 18.2 Å². The maximum Gasteiger partial charge on any atom is 0.416 e. The lowest BCUT2D eigenvalue weighted by Gasteiger charge is -2.07. The molecule has 0 aliphatic rings. The van der Waals surface area contributed by atoms with Gasteiger partial charge in [0.25, 0.3) is 0 Å². The first-order chi connectivity index (χ1) is 13.4. The van der Waals surface area contributed by atoms with E-state index in [0.29, 0.717) is 18.5 Å². The van der Waals surface area contributed by atoms with Gasteiger partial charge >= 0.3 is 6.18 Å². The molecule has 0 saturated heterocycles. The third-order valence-corrected chi connectivity index (χ3v) is 3.96. The molecule has 0 aliphatic heterocycles. The molecule has 6 nitrogen and oxygen atoms in total. The van der Waals surface area contributed by atoms with Crippen LogP contribution in [0.5, 0.6) is 0 Å². The molecule has 1 N–H and O–H groups in total. The van der Waals surface area contributed by atoms with Gasteiger partial charge in [0.2, 0.25) is 17.7 Å². The van der Waals surface area contributed by atoms with Gasteiger partial charge in [0.15, 0.2) is 0 Å². The van der Waals surface area contributed by atoms with Crippen LogP contribution < -0.4 is 5.32 Å². The SMILES string of the molecule is O=C(CCc1nnc(Cc2cccc(C(F)(F)F)c2)o1)NCCc1ccco1. The fraction of sp³-hybridized carbons (Fsp3) is 0.316. The Balaban J connectivity index is 1.46. The molecular weight excluding hydrogens is 375 g/mol. The smallest absolute Gasteiger partial charge is 0.416 e. The predicted molar refractivity (Wildman–Crippen MR) is 92.3 cm³/mol. The Labute approximate surface area is 158 Å². The number of carbonyl (C=O) groups is 1. The summed E-state index contributed by atoms with van der Waals surface area (Å²) in [6.07, 6.45) is -1.72. The molecule has 28 heavy (non-hydrogen) atoms. The Morgan fingerprint density at radius 2 is 1.89 bits per heavy atom. The maximum atomic E-state index is 12.8. The summed E-state index contributed by atoms with van der Waals surface area (Å²) in [6, 6.07) is 8.57. The summed E-state index contributed by atoms with van der Waals surface area (Å²) in [7, 11) is 0. The van der Waals surface area contributed by atoms with E-state index in [1.807, 2.05) is 6.07 Å². The lowest BCUT2D eigenvalue weighted by atomic mass is 10.1. The van der Waals surface area contributed by atoms with Gasteiger partial charge in [0, 0.05) is 25.8 Å². The highest BCUT2D eigenvalue weighted by Crippen LogP contribution is 2.29. The first-order valence-corrected chi connectivity index (χ1v) is 8.66. The number of carbonyl (C=O) groups excluding carboxylic acids is 1. The number of nitrogens with one attached hydrogen (secondary N) is 1. The lowest BCUT2D eigenvalue weighted by molar-refractivity contribution is -0.137. The lowest BCUT2D eigenvalue weighted by Crippen LogP contribution is -2.25. The molecule has 2 heterocycles. The molecule has 1 amide bonds. The van der Waals surface area contributed by atoms with Gasteiger partial charge in [-0.25, -0.2) is 0 Å². The third kappa shape index (κ3) is 5.70. The van der Waals surface area contributed by atoms with Gasteiger partial charge < -0.3 is 14.2 Å². The molecular formula is C19H18F3N3O3. The van der Waals surface area contributed by atoms with Crippen molar-refractivity contribution >= 4 is 5.91 Å². The number of amides is 1. The number of nitrogens with zero attached hydrogens (tertiary/aromatic N) is 2. The van der Waals surface area contributed by atoms with Crippen molar-refractivity contribution in [1.29, 1.82) is 0 Å². The summed E-state index contributed by atoms with van der Waals surface area (Å²) in [5.41, 5.74) is -0.309. The van der Waals surface area contributed by atoms with E-state index in [4.69, 9.17) is 8.83 Å². The molecule has 148 valence electrons. The second kappa shape index (κ2) is 8.73. The van der Waals surface area contributed by atoms with Crippen LogP contribution in [-0.2, 0) is 30.2 Å². The molecule has 1 aromatic carbocycles. The third-order valence-electron chi connectivity index (χ3n) is 3.96. The summed E-state index contributed by atoms with van der Waals surface area (Å²) in [5.74, 6) is 1.09. The number of furan rings is 1. The van der Waals surface area contributed by atoms with E-state index in [9.17, 15) is 18.0 Å². The van der Waals surface area contributed by atoms with Crippen molar-refractivity contribution in [3.8, 4) is 0 Å². The minimum Gasteiger partial charge on any atom is -0.469 e. The van der Waals surface area contributed by atoms with Crippen LogP contribution >= 0.6 is 0 Å². The predicted octanol–water partition coefficient (Wildman–Crippen LogP) is 3.56. The van der Waals surface area contributed by atoms with Crippen molar-refractivity contribution in [3.05, 3.63) is 71.3 Å². The van der Waals surface area contributed by atoms with E-state index in [1.54, 1.807) is 18.4 Å². The molecule has 0 aliphatic carbocycles. The zero-order valence-electron chi connectivity index (χ0n) is 14.8. The minimum atomic E-state index is -4.40. The Hall–Kier alpha value is -3.10. The highest BCUT2D eigenvalue weighted by molar-refractivity contribution is 5.75. The van der Waals surface area contributed by atoms with E-state index in [-0.39, 0.29) is 37.0 Å². The summed E-state index contributed by atoms with van der Waals surface area (Å²) in [4.78, 5) is 11.8. The molecule has 0 bridgehead atoms. The molecule has 0 unspecified atom stereocenters. The monoisotopic (exact) mass is 393 g/mol. The van der Waals surface area contributed by atoms with Gasteiger partial charge in [-0.1, -0.05) is 18.2 Å². The molecule has 0 atom stereocenters. The van der Waals surface area contributed by atoms with Gasteiger partial charge in [-0.15, -0.1) is 10.2 Å². The van der Waals surface area contributed by atoms with Crippen molar-refractivity contribution in [3.63, 3.8) is 0 Å². The number of aromatic nitrogens is 2. The number of rotatable bonds is 8. The minimum absolute atomic E-state index is 0.0895. The van der Waals surface area contributed by atoms with Crippen molar-refractivity contribution in [2.24, 2.45) is 0 Å². The molecule has 0 spiro atoms. The fourth-order valence-electron chi connectivity index (χ4n) is 2.58. The van der Waals surface area contributed by atoms with E-state index < -0.39 is 11.7 Å². The standard InChI is InChI=1S/C19H18F3N3O3/c20-19(21,22)14-4-1-3-13(11-14)12-18-25-24-17(28-18)7-6-16(26)23-9-8-15-5-2-10-27-15/h1-5,10-11H,6-9,12H2,(H,23,26). The largest absolute Gasteiger partial charge is 0.469 e. The van der Waals surface area contributed by atoms with Crippen LogP contribution in [0.15, 0.2) is 51.5 Å². The van der Waals surface area contributed by atoms with Crippen molar-refractivity contribution < 1.29 is 26.8 Å². The van der Waals surface area contributed by atoms with Crippen LogP contribution in [0.1, 0.15) is 35.1 Å². The van der Waals surface area contributed by atoms with E-state index in [1.165, 1.54) is 6.07 Å². The van der Waals surface area contributed by atoms with E-state index >= 15 is 0 Å². The molecule has 3 rings (SSSR count). The summed E-state index contributed by atoms with van der Waals surface area (Å²) >= 11 is 0. The normalized spacial score (nSPS) is 11.5. The number of hydrogen-bond donors (Lipinski definition) is 1. The van der Waals surface area contributed by atoms with Gasteiger partial charge in [-0.05, 0) is 23.8 Å². The van der Waals surface area contributed by atoms with Crippen LogP contribution in [0.2, 0.25) is 0 Å². The molecule has 0 fully saturated rings. The molecule has 0 saturated carbocycles. The number of alkyl halides is 3. The Morgan fingerprint density at radius 1 is 1.07 bits per heavy atom. The Kier molecular flexibility index (Phi) is 6.13. The zero-order chi connectivity index (χ0) is 20.0. The highest BCUT2D eigenvalue weighted by atomic mass is 19.4. The fourth-order valence-corrected chi connectivity index (χ4v) is 2.58.